The number of carbonyl (C=O) groups excluding carboxylic acids is 1. The van der Waals surface area contributed by atoms with E-state index in [-0.39, 0.29) is 11.7 Å². The third-order valence-electron chi connectivity index (χ3n) is 3.88. The summed E-state index contributed by atoms with van der Waals surface area (Å²) in [7, 11) is 0. The van der Waals surface area contributed by atoms with E-state index in [9.17, 15) is 4.79 Å². The molecule has 0 atom stereocenters. The summed E-state index contributed by atoms with van der Waals surface area (Å²) in [6, 6.07) is 17.2. The van der Waals surface area contributed by atoms with Crippen LogP contribution in [0.2, 0.25) is 5.02 Å². The number of thioether (sulfide) groups is 1. The van der Waals surface area contributed by atoms with Crippen molar-refractivity contribution >= 4 is 29.3 Å². The van der Waals surface area contributed by atoms with Crippen LogP contribution in [0, 0.1) is 0 Å². The Hall–Kier alpha value is -2.31. The average Bonchev–Trinajstić information content (AvgIpc) is 3.16. The van der Waals surface area contributed by atoms with Gasteiger partial charge < -0.3 is 9.32 Å². The molecule has 2 aromatic carbocycles. The second-order valence-electron chi connectivity index (χ2n) is 5.97. The van der Waals surface area contributed by atoms with Crippen molar-refractivity contribution in [2.45, 2.75) is 25.1 Å². The Kier molecular flexibility index (Phi) is 6.90. The lowest BCUT2D eigenvalue weighted by molar-refractivity contribution is -0.129. The fourth-order valence-electron chi connectivity index (χ4n) is 2.56. The van der Waals surface area contributed by atoms with E-state index in [1.165, 1.54) is 11.8 Å². The first-order chi connectivity index (χ1) is 13.2. The molecule has 140 valence electrons. The summed E-state index contributed by atoms with van der Waals surface area (Å²) in [6.07, 6.45) is 0.907. The van der Waals surface area contributed by atoms with Crippen LogP contribution in [0.3, 0.4) is 0 Å². The number of halogens is 1. The molecule has 3 rings (SSSR count). The molecule has 0 radical (unpaired) electrons. The Bertz CT molecular complexity index is 868. The van der Waals surface area contributed by atoms with Gasteiger partial charge in [-0.25, -0.2) is 0 Å². The fraction of sp³-hybridized carbons (Fsp3) is 0.250. The number of aromatic nitrogens is 2. The number of rotatable bonds is 8. The molecule has 1 heterocycles. The first-order valence-electron chi connectivity index (χ1n) is 8.69. The minimum absolute atomic E-state index is 0.0527. The third-order valence-corrected chi connectivity index (χ3v) is 4.93. The van der Waals surface area contributed by atoms with Crippen LogP contribution in [0.4, 0.5) is 0 Å². The molecule has 3 aromatic rings. The van der Waals surface area contributed by atoms with E-state index in [0.29, 0.717) is 29.2 Å². The van der Waals surface area contributed by atoms with Gasteiger partial charge in [-0.2, -0.15) is 0 Å². The quantitative estimate of drug-likeness (QED) is 0.501. The first kappa shape index (κ1) is 19.5. The standard InChI is InChI=1S/C20H20ClN3O2S/c1-2-12-24(13-15-6-4-3-5-7-15)18(25)14-27-20-23-22-19(26-20)16-8-10-17(21)11-9-16/h3-11H,2,12-14H2,1H3. The molecular weight excluding hydrogens is 382 g/mol. The predicted octanol–water partition coefficient (Wildman–Crippen LogP) is 4.92. The lowest BCUT2D eigenvalue weighted by Gasteiger charge is -2.21. The second kappa shape index (κ2) is 9.58. The molecule has 0 saturated heterocycles. The molecule has 0 aliphatic rings. The van der Waals surface area contributed by atoms with Crippen molar-refractivity contribution < 1.29 is 9.21 Å². The van der Waals surface area contributed by atoms with E-state index in [1.807, 2.05) is 47.4 Å². The Morgan fingerprint density at radius 2 is 1.85 bits per heavy atom. The van der Waals surface area contributed by atoms with E-state index in [1.54, 1.807) is 12.1 Å². The minimum Gasteiger partial charge on any atom is -0.411 e. The lowest BCUT2D eigenvalue weighted by atomic mass is 10.2. The van der Waals surface area contributed by atoms with Gasteiger partial charge in [-0.1, -0.05) is 60.6 Å². The summed E-state index contributed by atoms with van der Waals surface area (Å²) in [6.45, 7) is 3.39. The molecule has 0 N–H and O–H groups in total. The second-order valence-corrected chi connectivity index (χ2v) is 7.33. The summed E-state index contributed by atoms with van der Waals surface area (Å²) >= 11 is 7.14. The van der Waals surface area contributed by atoms with Crippen molar-refractivity contribution in [3.63, 3.8) is 0 Å². The zero-order chi connectivity index (χ0) is 19.1. The monoisotopic (exact) mass is 401 g/mol. The maximum absolute atomic E-state index is 12.6. The highest BCUT2D eigenvalue weighted by Gasteiger charge is 2.16. The highest BCUT2D eigenvalue weighted by molar-refractivity contribution is 7.99. The SMILES string of the molecule is CCCN(Cc1ccccc1)C(=O)CSc1nnc(-c2ccc(Cl)cc2)o1. The topological polar surface area (TPSA) is 59.2 Å². The number of hydrogen-bond donors (Lipinski definition) is 0. The molecular formula is C20H20ClN3O2S. The lowest BCUT2D eigenvalue weighted by Crippen LogP contribution is -2.32. The average molecular weight is 402 g/mol. The van der Waals surface area contributed by atoms with Crippen LogP contribution in [-0.4, -0.2) is 33.3 Å². The molecule has 0 spiro atoms. The van der Waals surface area contributed by atoms with E-state index >= 15 is 0 Å². The van der Waals surface area contributed by atoms with Crippen molar-refractivity contribution in [3.8, 4) is 11.5 Å². The van der Waals surface area contributed by atoms with Crippen molar-refractivity contribution in [1.82, 2.24) is 15.1 Å². The number of amides is 1. The van der Waals surface area contributed by atoms with Gasteiger partial charge in [-0.15, -0.1) is 10.2 Å². The Labute approximate surface area is 167 Å². The number of carbonyl (C=O) groups is 1. The normalized spacial score (nSPS) is 10.7. The fourth-order valence-corrected chi connectivity index (χ4v) is 3.35. The highest BCUT2D eigenvalue weighted by Crippen LogP contribution is 2.24. The van der Waals surface area contributed by atoms with Crippen molar-refractivity contribution in [2.75, 3.05) is 12.3 Å². The van der Waals surface area contributed by atoms with Crippen LogP contribution in [0.25, 0.3) is 11.5 Å². The van der Waals surface area contributed by atoms with Gasteiger partial charge in [0.15, 0.2) is 0 Å². The molecule has 7 heteroatoms. The molecule has 0 bridgehead atoms. The molecule has 27 heavy (non-hydrogen) atoms. The summed E-state index contributed by atoms with van der Waals surface area (Å²) in [4.78, 5) is 14.5. The molecule has 5 nitrogen and oxygen atoms in total. The maximum atomic E-state index is 12.6. The van der Waals surface area contributed by atoms with Crippen LogP contribution in [0.15, 0.2) is 64.2 Å². The van der Waals surface area contributed by atoms with Gasteiger partial charge in [-0.05, 0) is 36.2 Å². The smallest absolute Gasteiger partial charge is 0.277 e. The van der Waals surface area contributed by atoms with Gasteiger partial charge in [0.05, 0.1) is 5.75 Å². The molecule has 0 saturated carbocycles. The van der Waals surface area contributed by atoms with Crippen LogP contribution in [-0.2, 0) is 11.3 Å². The van der Waals surface area contributed by atoms with E-state index in [2.05, 4.69) is 17.1 Å². The van der Waals surface area contributed by atoms with Crippen molar-refractivity contribution in [3.05, 3.63) is 65.2 Å². The first-order valence-corrected chi connectivity index (χ1v) is 10.1. The van der Waals surface area contributed by atoms with Gasteiger partial charge in [0.25, 0.3) is 5.22 Å². The van der Waals surface area contributed by atoms with Crippen molar-refractivity contribution in [2.24, 2.45) is 0 Å². The summed E-state index contributed by atoms with van der Waals surface area (Å²) < 4.78 is 5.64. The van der Waals surface area contributed by atoms with Gasteiger partial charge in [0.1, 0.15) is 0 Å². The molecule has 0 fully saturated rings. The van der Waals surface area contributed by atoms with Crippen LogP contribution in [0.5, 0.6) is 0 Å². The van der Waals surface area contributed by atoms with Gasteiger partial charge >= 0.3 is 0 Å². The van der Waals surface area contributed by atoms with Crippen LogP contribution in [0.1, 0.15) is 18.9 Å². The molecule has 1 amide bonds. The van der Waals surface area contributed by atoms with E-state index < -0.39 is 0 Å². The largest absolute Gasteiger partial charge is 0.411 e. The number of benzene rings is 2. The summed E-state index contributed by atoms with van der Waals surface area (Å²) in [5.74, 6) is 0.725. The van der Waals surface area contributed by atoms with Crippen molar-refractivity contribution in [1.29, 1.82) is 0 Å². The molecule has 0 aliphatic carbocycles. The highest BCUT2D eigenvalue weighted by atomic mass is 35.5. The Morgan fingerprint density at radius 3 is 2.56 bits per heavy atom. The van der Waals surface area contributed by atoms with Gasteiger partial charge in [0.2, 0.25) is 11.8 Å². The zero-order valence-corrected chi connectivity index (χ0v) is 16.5. The zero-order valence-electron chi connectivity index (χ0n) is 15.0. The summed E-state index contributed by atoms with van der Waals surface area (Å²) in [5.41, 5.74) is 1.91. The molecule has 1 aromatic heterocycles. The Balaban J connectivity index is 1.59. The van der Waals surface area contributed by atoms with Crippen LogP contribution >= 0.6 is 23.4 Å². The third kappa shape index (κ3) is 5.58. The maximum Gasteiger partial charge on any atom is 0.277 e. The van der Waals surface area contributed by atoms with Crippen LogP contribution < -0.4 is 0 Å². The Morgan fingerprint density at radius 1 is 1.11 bits per heavy atom. The molecule has 0 unspecified atom stereocenters. The number of nitrogens with zero attached hydrogens (tertiary/aromatic N) is 3. The minimum atomic E-state index is 0.0527. The molecule has 0 aliphatic heterocycles. The summed E-state index contributed by atoms with van der Waals surface area (Å²) in [5, 5.41) is 9.08. The van der Waals surface area contributed by atoms with E-state index in [4.69, 9.17) is 16.0 Å². The number of hydrogen-bond acceptors (Lipinski definition) is 5. The van der Waals surface area contributed by atoms with Gasteiger partial charge in [0, 0.05) is 23.7 Å². The van der Waals surface area contributed by atoms with E-state index in [0.717, 1.165) is 17.5 Å². The van der Waals surface area contributed by atoms with Gasteiger partial charge in [-0.3, -0.25) is 4.79 Å². The predicted molar refractivity (Wildman–Crippen MR) is 108 cm³/mol.